The predicted octanol–water partition coefficient (Wildman–Crippen LogP) is 3.06. The van der Waals surface area contributed by atoms with Crippen LogP contribution in [0.3, 0.4) is 0 Å². The monoisotopic (exact) mass is 281 g/mol. The molecule has 1 heterocycles. The molecule has 2 atom stereocenters. The van der Waals surface area contributed by atoms with E-state index in [4.69, 9.17) is 0 Å². The summed E-state index contributed by atoms with van der Waals surface area (Å²) in [5.74, 6) is -0.443. The standard InChI is InChI=1S/C16H27NO3/c1-15(2)8-5-4-7-12(15)11-13(18)17-10-6-9-16(17,3)14(19)20/h12H,4-11H2,1-3H3,(H,19,20). The normalized spacial score (nSPS) is 33.1. The van der Waals surface area contributed by atoms with Crippen LogP contribution in [0.25, 0.3) is 0 Å². The van der Waals surface area contributed by atoms with Gasteiger partial charge in [-0.25, -0.2) is 4.79 Å². The molecule has 4 nitrogen and oxygen atoms in total. The van der Waals surface area contributed by atoms with E-state index >= 15 is 0 Å². The van der Waals surface area contributed by atoms with E-state index in [2.05, 4.69) is 13.8 Å². The van der Waals surface area contributed by atoms with Gasteiger partial charge >= 0.3 is 5.97 Å². The van der Waals surface area contributed by atoms with Crippen LogP contribution < -0.4 is 0 Å². The molecule has 1 aliphatic heterocycles. The Morgan fingerprint density at radius 3 is 2.45 bits per heavy atom. The highest BCUT2D eigenvalue weighted by atomic mass is 16.4. The number of carboxylic acids is 1. The molecule has 2 unspecified atom stereocenters. The van der Waals surface area contributed by atoms with Crippen molar-refractivity contribution in [3.8, 4) is 0 Å². The van der Waals surface area contributed by atoms with Crippen LogP contribution in [0.2, 0.25) is 0 Å². The van der Waals surface area contributed by atoms with Crippen molar-refractivity contribution in [2.75, 3.05) is 6.54 Å². The van der Waals surface area contributed by atoms with Crippen LogP contribution >= 0.6 is 0 Å². The van der Waals surface area contributed by atoms with Gasteiger partial charge in [0.2, 0.25) is 5.91 Å². The quantitative estimate of drug-likeness (QED) is 0.865. The van der Waals surface area contributed by atoms with Crippen LogP contribution in [-0.2, 0) is 9.59 Å². The Hall–Kier alpha value is -1.06. The van der Waals surface area contributed by atoms with Gasteiger partial charge in [-0.3, -0.25) is 4.79 Å². The topological polar surface area (TPSA) is 57.6 Å². The van der Waals surface area contributed by atoms with Gasteiger partial charge < -0.3 is 10.0 Å². The third-order valence-electron chi connectivity index (χ3n) is 5.55. The summed E-state index contributed by atoms with van der Waals surface area (Å²) in [5, 5.41) is 9.41. The van der Waals surface area contributed by atoms with Crippen LogP contribution in [0.5, 0.6) is 0 Å². The van der Waals surface area contributed by atoms with Crippen molar-refractivity contribution in [3.63, 3.8) is 0 Å². The highest BCUT2D eigenvalue weighted by molar-refractivity contribution is 5.87. The number of hydrogen-bond acceptors (Lipinski definition) is 2. The maximum absolute atomic E-state index is 12.6. The number of aliphatic carboxylic acids is 1. The second-order valence-corrected chi connectivity index (χ2v) is 7.36. The SMILES string of the molecule is CC1(C)CCCCC1CC(=O)N1CCCC1(C)C(=O)O. The van der Waals surface area contributed by atoms with Crippen molar-refractivity contribution in [3.05, 3.63) is 0 Å². The largest absolute Gasteiger partial charge is 0.480 e. The van der Waals surface area contributed by atoms with Gasteiger partial charge in [0.25, 0.3) is 0 Å². The number of nitrogens with zero attached hydrogens (tertiary/aromatic N) is 1. The second kappa shape index (κ2) is 5.38. The fourth-order valence-corrected chi connectivity index (χ4v) is 3.85. The lowest BCUT2D eigenvalue weighted by Crippen LogP contribution is -2.51. The molecule has 1 saturated carbocycles. The van der Waals surface area contributed by atoms with Gasteiger partial charge in [0.15, 0.2) is 0 Å². The molecule has 0 radical (unpaired) electrons. The fraction of sp³-hybridized carbons (Fsp3) is 0.875. The predicted molar refractivity (Wildman–Crippen MR) is 77.3 cm³/mol. The molecule has 2 fully saturated rings. The van der Waals surface area contributed by atoms with Gasteiger partial charge in [-0.15, -0.1) is 0 Å². The van der Waals surface area contributed by atoms with E-state index in [1.807, 2.05) is 0 Å². The van der Waals surface area contributed by atoms with Crippen molar-refractivity contribution < 1.29 is 14.7 Å². The van der Waals surface area contributed by atoms with Crippen LogP contribution in [0.15, 0.2) is 0 Å². The van der Waals surface area contributed by atoms with Crippen LogP contribution in [0, 0.1) is 11.3 Å². The average molecular weight is 281 g/mol. The molecule has 114 valence electrons. The first-order valence-electron chi connectivity index (χ1n) is 7.81. The Bertz CT molecular complexity index is 405. The number of likely N-dealkylation sites (tertiary alicyclic amines) is 1. The molecule has 1 saturated heterocycles. The smallest absolute Gasteiger partial charge is 0.329 e. The summed E-state index contributed by atoms with van der Waals surface area (Å²) in [7, 11) is 0. The molecule has 1 amide bonds. The molecular formula is C16H27NO3. The van der Waals surface area contributed by atoms with Crippen molar-refractivity contribution in [2.24, 2.45) is 11.3 Å². The molecule has 1 aliphatic carbocycles. The Morgan fingerprint density at radius 1 is 1.15 bits per heavy atom. The van der Waals surface area contributed by atoms with Gasteiger partial charge in [0.1, 0.15) is 5.54 Å². The van der Waals surface area contributed by atoms with Crippen LogP contribution in [0.4, 0.5) is 0 Å². The van der Waals surface area contributed by atoms with E-state index in [1.54, 1.807) is 11.8 Å². The van der Waals surface area contributed by atoms with Gasteiger partial charge in [-0.2, -0.15) is 0 Å². The Balaban J connectivity index is 2.06. The summed E-state index contributed by atoms with van der Waals surface area (Å²) < 4.78 is 0. The molecule has 20 heavy (non-hydrogen) atoms. The zero-order valence-corrected chi connectivity index (χ0v) is 12.9. The lowest BCUT2D eigenvalue weighted by atomic mass is 9.67. The summed E-state index contributed by atoms with van der Waals surface area (Å²) in [6.45, 7) is 6.76. The number of carbonyl (C=O) groups is 2. The van der Waals surface area contributed by atoms with E-state index in [9.17, 15) is 14.7 Å². The maximum Gasteiger partial charge on any atom is 0.329 e. The molecule has 0 spiro atoms. The lowest BCUT2D eigenvalue weighted by Gasteiger charge is -2.40. The highest BCUT2D eigenvalue weighted by Crippen LogP contribution is 2.43. The van der Waals surface area contributed by atoms with E-state index in [0.717, 1.165) is 12.8 Å². The van der Waals surface area contributed by atoms with Crippen molar-refractivity contribution in [1.82, 2.24) is 4.90 Å². The molecule has 0 aromatic heterocycles. The Morgan fingerprint density at radius 2 is 1.85 bits per heavy atom. The molecule has 0 bridgehead atoms. The lowest BCUT2D eigenvalue weighted by molar-refractivity contribution is -0.156. The number of hydrogen-bond donors (Lipinski definition) is 1. The minimum absolute atomic E-state index is 0.0346. The fourth-order valence-electron chi connectivity index (χ4n) is 3.85. The second-order valence-electron chi connectivity index (χ2n) is 7.36. The number of carbonyl (C=O) groups excluding carboxylic acids is 1. The molecule has 4 heteroatoms. The van der Waals surface area contributed by atoms with Gasteiger partial charge in [0.05, 0.1) is 0 Å². The van der Waals surface area contributed by atoms with Crippen molar-refractivity contribution in [1.29, 1.82) is 0 Å². The summed E-state index contributed by atoms with van der Waals surface area (Å²) in [5.41, 5.74) is -0.789. The average Bonchev–Trinajstić information content (AvgIpc) is 2.75. The molecular weight excluding hydrogens is 254 g/mol. The third kappa shape index (κ3) is 2.70. The zero-order valence-electron chi connectivity index (χ0n) is 12.9. The maximum atomic E-state index is 12.6. The van der Waals surface area contributed by atoms with Crippen LogP contribution in [0.1, 0.15) is 65.7 Å². The van der Waals surface area contributed by atoms with Crippen molar-refractivity contribution in [2.45, 2.75) is 71.3 Å². The Labute approximate surface area is 121 Å². The van der Waals surface area contributed by atoms with Gasteiger partial charge in [-0.1, -0.05) is 26.7 Å². The minimum Gasteiger partial charge on any atom is -0.480 e. The van der Waals surface area contributed by atoms with Crippen molar-refractivity contribution >= 4 is 11.9 Å². The molecule has 0 aromatic rings. The van der Waals surface area contributed by atoms with Crippen LogP contribution in [-0.4, -0.2) is 34.0 Å². The molecule has 2 aliphatic rings. The molecule has 2 rings (SSSR count). The van der Waals surface area contributed by atoms with Gasteiger partial charge in [-0.05, 0) is 43.9 Å². The van der Waals surface area contributed by atoms with E-state index in [-0.39, 0.29) is 11.3 Å². The number of carboxylic acid groups (broad SMARTS) is 1. The summed E-state index contributed by atoms with van der Waals surface area (Å²) in [6.07, 6.45) is 6.57. The van der Waals surface area contributed by atoms with Gasteiger partial charge in [0, 0.05) is 13.0 Å². The first-order chi connectivity index (χ1) is 9.27. The zero-order chi connectivity index (χ0) is 15.0. The highest BCUT2D eigenvalue weighted by Gasteiger charge is 2.46. The summed E-state index contributed by atoms with van der Waals surface area (Å²) >= 11 is 0. The molecule has 0 aromatic carbocycles. The van der Waals surface area contributed by atoms with E-state index in [0.29, 0.717) is 25.3 Å². The molecule has 1 N–H and O–H groups in total. The van der Waals surface area contributed by atoms with E-state index in [1.165, 1.54) is 19.3 Å². The summed E-state index contributed by atoms with van der Waals surface area (Å²) in [4.78, 5) is 25.7. The Kier molecular flexibility index (Phi) is 4.12. The minimum atomic E-state index is -0.990. The van der Waals surface area contributed by atoms with E-state index < -0.39 is 11.5 Å². The number of rotatable bonds is 3. The third-order valence-corrected chi connectivity index (χ3v) is 5.55. The first-order valence-corrected chi connectivity index (χ1v) is 7.81. The first kappa shape index (κ1) is 15.3. The summed E-state index contributed by atoms with van der Waals surface area (Å²) in [6, 6.07) is 0. The number of amides is 1.